The van der Waals surface area contributed by atoms with Gasteiger partial charge in [0.25, 0.3) is 0 Å². The topological polar surface area (TPSA) is 114 Å². The second-order valence-corrected chi connectivity index (χ2v) is 10.1. The Labute approximate surface area is 220 Å². The Kier molecular flexibility index (Phi) is 6.21. The lowest BCUT2D eigenvalue weighted by Crippen LogP contribution is -2.30. The van der Waals surface area contributed by atoms with E-state index in [2.05, 4.69) is 65.6 Å². The van der Waals surface area contributed by atoms with Crippen molar-refractivity contribution in [1.82, 2.24) is 34.8 Å². The molecule has 0 saturated heterocycles. The number of rotatable bonds is 5. The average Bonchev–Trinajstić information content (AvgIpc) is 3.56. The van der Waals surface area contributed by atoms with Crippen LogP contribution in [0.2, 0.25) is 0 Å². The van der Waals surface area contributed by atoms with Crippen LogP contribution in [0.4, 0.5) is 11.6 Å². The molecule has 4 aromatic heterocycles. The van der Waals surface area contributed by atoms with E-state index >= 15 is 0 Å². The van der Waals surface area contributed by atoms with Crippen molar-refractivity contribution >= 4 is 28.4 Å². The van der Waals surface area contributed by atoms with Crippen molar-refractivity contribution in [2.45, 2.75) is 32.9 Å². The lowest BCUT2D eigenvalue weighted by atomic mass is 10.1. The molecule has 6 rings (SSSR count). The number of nitrogens with one attached hydrogen (secondary N) is 2. The fraction of sp³-hybridized carbons (Fsp3) is 0.357. The number of carbonyl (C=O) groups excluding carboxylic acids is 1. The Morgan fingerprint density at radius 1 is 1.16 bits per heavy atom. The third-order valence-corrected chi connectivity index (χ3v) is 7.33. The molecule has 1 saturated carbocycles. The van der Waals surface area contributed by atoms with E-state index in [0.29, 0.717) is 34.3 Å². The molecule has 2 N–H and O–H groups in total. The number of aromatic nitrogens is 6. The summed E-state index contributed by atoms with van der Waals surface area (Å²) in [5, 5.41) is 19.6. The van der Waals surface area contributed by atoms with E-state index in [-0.39, 0.29) is 11.8 Å². The summed E-state index contributed by atoms with van der Waals surface area (Å²) in [6.45, 7) is 4.81. The minimum Gasteiger partial charge on any atom is -0.371 e. The van der Waals surface area contributed by atoms with Crippen molar-refractivity contribution in [3.63, 3.8) is 0 Å². The first-order valence-corrected chi connectivity index (χ1v) is 12.8. The summed E-state index contributed by atoms with van der Waals surface area (Å²) in [5.41, 5.74) is 5.73. The Morgan fingerprint density at radius 3 is 2.79 bits per heavy atom. The zero-order valence-electron chi connectivity index (χ0n) is 21.7. The van der Waals surface area contributed by atoms with Gasteiger partial charge in [-0.1, -0.05) is 18.9 Å². The average molecular weight is 508 g/mol. The number of aryl methyl sites for hydroxylation is 1. The van der Waals surface area contributed by atoms with E-state index in [4.69, 9.17) is 0 Å². The van der Waals surface area contributed by atoms with Crippen molar-refractivity contribution in [2.75, 3.05) is 24.2 Å². The highest BCUT2D eigenvalue weighted by Crippen LogP contribution is 2.38. The monoisotopic (exact) mass is 507 g/mol. The first-order chi connectivity index (χ1) is 18.5. The number of hydrogen-bond donors (Lipinski definition) is 2. The van der Waals surface area contributed by atoms with Crippen LogP contribution in [-0.4, -0.2) is 54.3 Å². The minimum atomic E-state index is -0.0172. The van der Waals surface area contributed by atoms with Crippen LogP contribution in [0.25, 0.3) is 10.9 Å². The van der Waals surface area contributed by atoms with Gasteiger partial charge in [-0.2, -0.15) is 5.10 Å². The highest BCUT2D eigenvalue weighted by molar-refractivity contribution is 5.97. The number of carbonyl (C=O) groups is 1. The highest BCUT2D eigenvalue weighted by atomic mass is 16.2. The molecular formula is C28H29N9O. The van der Waals surface area contributed by atoms with Crippen LogP contribution in [0.1, 0.15) is 41.4 Å². The van der Waals surface area contributed by atoms with E-state index in [1.54, 1.807) is 13.2 Å². The molecule has 1 fully saturated rings. The molecule has 5 heterocycles. The van der Waals surface area contributed by atoms with Gasteiger partial charge in [0.1, 0.15) is 11.2 Å². The molecule has 1 aliphatic heterocycles. The van der Waals surface area contributed by atoms with Crippen molar-refractivity contribution in [2.24, 2.45) is 18.9 Å². The van der Waals surface area contributed by atoms with Crippen LogP contribution in [0.5, 0.6) is 0 Å². The van der Waals surface area contributed by atoms with Crippen molar-refractivity contribution in [3.8, 4) is 11.8 Å². The molecule has 38 heavy (non-hydrogen) atoms. The lowest BCUT2D eigenvalue weighted by molar-refractivity contribution is -0.117. The summed E-state index contributed by atoms with van der Waals surface area (Å²) in [7, 11) is 3.79. The van der Waals surface area contributed by atoms with E-state index in [1.807, 2.05) is 36.3 Å². The normalized spacial score (nSPS) is 18.4. The minimum absolute atomic E-state index is 0.0172. The predicted molar refractivity (Wildman–Crippen MR) is 144 cm³/mol. The van der Waals surface area contributed by atoms with Crippen LogP contribution < -0.4 is 10.6 Å². The molecule has 10 nitrogen and oxygen atoms in total. The van der Waals surface area contributed by atoms with Gasteiger partial charge in [0.15, 0.2) is 11.6 Å². The largest absolute Gasteiger partial charge is 0.371 e. The number of fused-ring (bicyclic) bond motifs is 2. The first kappa shape index (κ1) is 24.0. The van der Waals surface area contributed by atoms with Gasteiger partial charge in [-0.05, 0) is 36.0 Å². The van der Waals surface area contributed by atoms with Gasteiger partial charge in [-0.25, -0.2) is 9.97 Å². The predicted octanol–water partition coefficient (Wildman–Crippen LogP) is 2.75. The second kappa shape index (κ2) is 9.84. The number of nitrogens with zero attached hydrogens (tertiary/aromatic N) is 7. The standard InChI is InChI=1S/C28H29N9O/c1-17-10-22(17)28(38)33-25-11-23-19(13-31-27(29-2)26(23)35-34-25)5-7-21-6-4-18(12-30-21)15-37-9-8-24-20(16-37)14-32-36(24)3/h4,6,11-14,17,22H,8-10,15-16H2,1-3H3,(H,29,31)(H,33,34,38)/t17-,22+/m1/s1. The van der Waals surface area contributed by atoms with Gasteiger partial charge in [0.2, 0.25) is 5.91 Å². The molecular weight excluding hydrogens is 478 g/mol. The van der Waals surface area contributed by atoms with Gasteiger partial charge in [0, 0.05) is 75.1 Å². The molecule has 4 aromatic rings. The Bertz CT molecular complexity index is 1580. The molecule has 192 valence electrons. The van der Waals surface area contributed by atoms with E-state index < -0.39 is 0 Å². The molecule has 2 aliphatic rings. The molecule has 0 aromatic carbocycles. The smallest absolute Gasteiger partial charge is 0.228 e. The summed E-state index contributed by atoms with van der Waals surface area (Å²) in [6, 6.07) is 5.83. The van der Waals surface area contributed by atoms with Crippen molar-refractivity contribution in [1.29, 1.82) is 0 Å². The summed E-state index contributed by atoms with van der Waals surface area (Å²) in [6.07, 6.45) is 7.48. The Balaban J connectivity index is 1.19. The fourth-order valence-electron chi connectivity index (χ4n) is 4.94. The fourth-order valence-corrected chi connectivity index (χ4v) is 4.94. The molecule has 1 amide bonds. The molecule has 2 atom stereocenters. The summed E-state index contributed by atoms with van der Waals surface area (Å²) in [5.74, 6) is 7.80. The SMILES string of the molecule is CNc1ncc(C#Cc2ccc(CN3CCc4c(cnn4C)C3)cn2)c2cc(NC(=O)[C@H]3C[C@H]3C)nnc12. The molecule has 0 radical (unpaired) electrons. The van der Waals surface area contributed by atoms with Crippen LogP contribution in [0, 0.1) is 23.7 Å². The number of hydrogen-bond acceptors (Lipinski definition) is 8. The summed E-state index contributed by atoms with van der Waals surface area (Å²) >= 11 is 0. The molecule has 10 heteroatoms. The van der Waals surface area contributed by atoms with Crippen LogP contribution >= 0.6 is 0 Å². The van der Waals surface area contributed by atoms with Crippen LogP contribution in [-0.2, 0) is 31.4 Å². The summed E-state index contributed by atoms with van der Waals surface area (Å²) < 4.78 is 1.98. The second-order valence-electron chi connectivity index (χ2n) is 10.1. The van der Waals surface area contributed by atoms with Gasteiger partial charge in [-0.3, -0.25) is 14.4 Å². The highest BCUT2D eigenvalue weighted by Gasteiger charge is 2.39. The zero-order chi connectivity index (χ0) is 26.2. The van der Waals surface area contributed by atoms with Crippen molar-refractivity contribution < 1.29 is 4.79 Å². The van der Waals surface area contributed by atoms with E-state index in [0.717, 1.165) is 43.4 Å². The molecule has 0 bridgehead atoms. The maximum Gasteiger partial charge on any atom is 0.228 e. The maximum absolute atomic E-state index is 12.4. The van der Waals surface area contributed by atoms with Crippen LogP contribution in [0.3, 0.4) is 0 Å². The quantitative estimate of drug-likeness (QED) is 0.397. The molecule has 1 aliphatic carbocycles. The number of pyridine rings is 2. The third-order valence-electron chi connectivity index (χ3n) is 7.33. The Hall–Kier alpha value is -4.36. The van der Waals surface area contributed by atoms with E-state index in [1.165, 1.54) is 11.3 Å². The van der Waals surface area contributed by atoms with Gasteiger partial charge in [-0.15, -0.1) is 10.2 Å². The Morgan fingerprint density at radius 2 is 2.03 bits per heavy atom. The third kappa shape index (κ3) is 4.80. The van der Waals surface area contributed by atoms with Crippen LogP contribution in [0.15, 0.2) is 36.8 Å². The lowest BCUT2D eigenvalue weighted by Gasteiger charge is -2.26. The molecule has 0 spiro atoms. The number of anilines is 2. The van der Waals surface area contributed by atoms with Gasteiger partial charge in [0.05, 0.1) is 11.8 Å². The zero-order valence-corrected chi connectivity index (χ0v) is 21.7. The summed E-state index contributed by atoms with van der Waals surface area (Å²) in [4.78, 5) is 23.8. The van der Waals surface area contributed by atoms with Gasteiger partial charge < -0.3 is 10.6 Å². The van der Waals surface area contributed by atoms with E-state index in [9.17, 15) is 4.79 Å². The van der Waals surface area contributed by atoms with Gasteiger partial charge >= 0.3 is 0 Å². The maximum atomic E-state index is 12.4. The number of amides is 1. The van der Waals surface area contributed by atoms with Crippen molar-refractivity contribution in [3.05, 3.63) is 64.9 Å². The first-order valence-electron chi connectivity index (χ1n) is 12.8. The molecule has 0 unspecified atom stereocenters.